The number of aryl methyl sites for hydroxylation is 1. The molecule has 4 nitrogen and oxygen atoms in total. The first-order chi connectivity index (χ1) is 7.63. The van der Waals surface area contributed by atoms with Gasteiger partial charge in [0.2, 0.25) is 0 Å². The van der Waals surface area contributed by atoms with E-state index in [0.717, 1.165) is 0 Å². The van der Waals surface area contributed by atoms with E-state index in [1.807, 2.05) is 0 Å². The van der Waals surface area contributed by atoms with Crippen molar-refractivity contribution in [2.24, 2.45) is 0 Å². The van der Waals surface area contributed by atoms with Crippen molar-refractivity contribution in [1.29, 1.82) is 0 Å². The number of halogens is 2. The SMILES string of the molecule is Cc1nnc(CCl)n1-c1cc(Cl)ccc1O. The van der Waals surface area contributed by atoms with Crippen molar-refractivity contribution < 1.29 is 5.11 Å². The Bertz CT molecular complexity index is 525. The molecule has 6 heteroatoms. The van der Waals surface area contributed by atoms with Crippen LogP contribution in [0.1, 0.15) is 11.6 Å². The van der Waals surface area contributed by atoms with Gasteiger partial charge in [-0.1, -0.05) is 11.6 Å². The van der Waals surface area contributed by atoms with Gasteiger partial charge in [-0.2, -0.15) is 0 Å². The Morgan fingerprint density at radius 1 is 1.38 bits per heavy atom. The molecule has 0 fully saturated rings. The number of hydrogen-bond acceptors (Lipinski definition) is 3. The smallest absolute Gasteiger partial charge is 0.152 e. The summed E-state index contributed by atoms with van der Waals surface area (Å²) in [6.07, 6.45) is 0. The summed E-state index contributed by atoms with van der Waals surface area (Å²) in [5.74, 6) is 1.54. The predicted octanol–water partition coefficient (Wildman–Crippen LogP) is 2.67. The summed E-state index contributed by atoms with van der Waals surface area (Å²) in [5, 5.41) is 18.1. The molecule has 0 saturated carbocycles. The highest BCUT2D eigenvalue weighted by Gasteiger charge is 2.13. The fourth-order valence-electron chi connectivity index (χ4n) is 1.48. The van der Waals surface area contributed by atoms with E-state index in [2.05, 4.69) is 10.2 Å². The minimum absolute atomic E-state index is 0.110. The van der Waals surface area contributed by atoms with Gasteiger partial charge in [-0.05, 0) is 25.1 Å². The van der Waals surface area contributed by atoms with E-state index in [0.29, 0.717) is 22.4 Å². The minimum Gasteiger partial charge on any atom is -0.506 e. The fraction of sp³-hybridized carbons (Fsp3) is 0.200. The van der Waals surface area contributed by atoms with Crippen molar-refractivity contribution in [1.82, 2.24) is 14.8 Å². The molecule has 0 unspecified atom stereocenters. The summed E-state index contributed by atoms with van der Waals surface area (Å²) >= 11 is 11.6. The summed E-state index contributed by atoms with van der Waals surface area (Å²) in [6, 6.07) is 4.78. The molecule has 0 radical (unpaired) electrons. The molecule has 84 valence electrons. The fourth-order valence-corrected chi connectivity index (χ4v) is 1.82. The van der Waals surface area contributed by atoms with E-state index in [1.54, 1.807) is 23.6 Å². The molecule has 0 atom stereocenters. The predicted molar refractivity (Wildman–Crippen MR) is 62.3 cm³/mol. The molecule has 1 aromatic carbocycles. The van der Waals surface area contributed by atoms with Crippen LogP contribution >= 0.6 is 23.2 Å². The Balaban J connectivity index is 2.66. The Labute approximate surface area is 102 Å². The molecule has 0 spiro atoms. The lowest BCUT2D eigenvalue weighted by Gasteiger charge is -2.09. The zero-order chi connectivity index (χ0) is 11.7. The topological polar surface area (TPSA) is 50.9 Å². The van der Waals surface area contributed by atoms with E-state index in [4.69, 9.17) is 23.2 Å². The quantitative estimate of drug-likeness (QED) is 0.842. The summed E-state index contributed by atoms with van der Waals surface area (Å²) in [7, 11) is 0. The first-order valence-electron chi connectivity index (χ1n) is 4.59. The zero-order valence-electron chi connectivity index (χ0n) is 8.48. The summed E-state index contributed by atoms with van der Waals surface area (Å²) in [5.41, 5.74) is 0.533. The molecule has 1 heterocycles. The highest BCUT2D eigenvalue weighted by Crippen LogP contribution is 2.27. The van der Waals surface area contributed by atoms with Gasteiger partial charge in [-0.25, -0.2) is 0 Å². The Morgan fingerprint density at radius 2 is 2.12 bits per heavy atom. The second-order valence-electron chi connectivity index (χ2n) is 3.27. The normalized spacial score (nSPS) is 10.7. The maximum atomic E-state index is 9.77. The second kappa shape index (κ2) is 4.31. The van der Waals surface area contributed by atoms with Gasteiger partial charge in [0.05, 0.1) is 11.6 Å². The van der Waals surface area contributed by atoms with Gasteiger partial charge in [0.1, 0.15) is 11.6 Å². The Morgan fingerprint density at radius 3 is 2.81 bits per heavy atom. The molecule has 1 aromatic heterocycles. The van der Waals surface area contributed by atoms with Gasteiger partial charge >= 0.3 is 0 Å². The summed E-state index contributed by atoms with van der Waals surface area (Å²) in [6.45, 7) is 1.78. The average molecular weight is 258 g/mol. The number of phenolic OH excluding ortho intramolecular Hbond substituents is 1. The van der Waals surface area contributed by atoms with Gasteiger partial charge < -0.3 is 5.11 Å². The molecule has 2 rings (SSSR count). The molecule has 0 aliphatic rings. The number of nitrogens with zero attached hydrogens (tertiary/aromatic N) is 3. The van der Waals surface area contributed by atoms with Crippen molar-refractivity contribution in [2.75, 3.05) is 0 Å². The minimum atomic E-state index is 0.110. The molecule has 1 N–H and O–H groups in total. The van der Waals surface area contributed by atoms with E-state index in [1.165, 1.54) is 6.07 Å². The number of aromatic hydroxyl groups is 1. The van der Waals surface area contributed by atoms with Gasteiger partial charge in [0.25, 0.3) is 0 Å². The third kappa shape index (κ3) is 1.86. The van der Waals surface area contributed by atoms with Crippen molar-refractivity contribution in [3.05, 3.63) is 34.9 Å². The molecular weight excluding hydrogens is 249 g/mol. The van der Waals surface area contributed by atoms with Crippen LogP contribution in [0.5, 0.6) is 5.75 Å². The van der Waals surface area contributed by atoms with Crippen LogP contribution in [0.15, 0.2) is 18.2 Å². The molecule has 0 saturated heterocycles. The van der Waals surface area contributed by atoms with Crippen LogP contribution < -0.4 is 0 Å². The number of aromatic nitrogens is 3. The molecule has 0 bridgehead atoms. The van der Waals surface area contributed by atoms with E-state index >= 15 is 0 Å². The molecule has 0 amide bonds. The van der Waals surface area contributed by atoms with E-state index in [9.17, 15) is 5.11 Å². The highest BCUT2D eigenvalue weighted by molar-refractivity contribution is 6.30. The lowest BCUT2D eigenvalue weighted by Crippen LogP contribution is -2.01. The molecular formula is C10H9Cl2N3O. The zero-order valence-corrected chi connectivity index (χ0v) is 10.00. The lowest BCUT2D eigenvalue weighted by molar-refractivity contribution is 0.471. The van der Waals surface area contributed by atoms with Crippen LogP contribution in [0.2, 0.25) is 5.02 Å². The van der Waals surface area contributed by atoms with E-state index in [-0.39, 0.29) is 11.6 Å². The van der Waals surface area contributed by atoms with Gasteiger partial charge in [0.15, 0.2) is 5.82 Å². The lowest BCUT2D eigenvalue weighted by atomic mass is 10.3. The van der Waals surface area contributed by atoms with Gasteiger partial charge in [0, 0.05) is 5.02 Å². The maximum absolute atomic E-state index is 9.77. The third-order valence-corrected chi connectivity index (χ3v) is 2.66. The van der Waals surface area contributed by atoms with Gasteiger partial charge in [-0.3, -0.25) is 4.57 Å². The molecule has 0 aliphatic heterocycles. The highest BCUT2D eigenvalue weighted by atomic mass is 35.5. The third-order valence-electron chi connectivity index (χ3n) is 2.19. The van der Waals surface area contributed by atoms with Crippen LogP contribution in [-0.2, 0) is 5.88 Å². The van der Waals surface area contributed by atoms with Crippen LogP contribution in [0.3, 0.4) is 0 Å². The Hall–Kier alpha value is -1.26. The number of alkyl halides is 1. The average Bonchev–Trinajstić information content (AvgIpc) is 2.63. The number of phenols is 1. The first-order valence-corrected chi connectivity index (χ1v) is 5.50. The van der Waals surface area contributed by atoms with Crippen molar-refractivity contribution in [2.45, 2.75) is 12.8 Å². The van der Waals surface area contributed by atoms with Crippen LogP contribution in [0.25, 0.3) is 5.69 Å². The molecule has 16 heavy (non-hydrogen) atoms. The molecule has 0 aliphatic carbocycles. The maximum Gasteiger partial charge on any atom is 0.152 e. The van der Waals surface area contributed by atoms with E-state index < -0.39 is 0 Å². The van der Waals surface area contributed by atoms with Crippen LogP contribution in [0.4, 0.5) is 0 Å². The van der Waals surface area contributed by atoms with Crippen LogP contribution in [0, 0.1) is 6.92 Å². The first kappa shape index (κ1) is 11.2. The van der Waals surface area contributed by atoms with Crippen molar-refractivity contribution in [3.8, 4) is 11.4 Å². The largest absolute Gasteiger partial charge is 0.506 e. The standard InChI is InChI=1S/C10H9Cl2N3O/c1-6-13-14-10(5-11)15(6)8-4-7(12)2-3-9(8)16/h2-4,16H,5H2,1H3. The van der Waals surface area contributed by atoms with Gasteiger partial charge in [-0.15, -0.1) is 21.8 Å². The number of hydrogen-bond donors (Lipinski definition) is 1. The van der Waals surface area contributed by atoms with Crippen molar-refractivity contribution in [3.63, 3.8) is 0 Å². The number of benzene rings is 1. The van der Waals surface area contributed by atoms with Crippen LogP contribution in [-0.4, -0.2) is 19.9 Å². The van der Waals surface area contributed by atoms with Crippen molar-refractivity contribution >= 4 is 23.2 Å². The summed E-state index contributed by atoms with van der Waals surface area (Å²) < 4.78 is 1.67. The molecule has 2 aromatic rings. The monoisotopic (exact) mass is 257 g/mol. The second-order valence-corrected chi connectivity index (χ2v) is 3.97. The number of rotatable bonds is 2. The summed E-state index contributed by atoms with van der Waals surface area (Å²) in [4.78, 5) is 0. The Kier molecular flexibility index (Phi) is 3.03.